The van der Waals surface area contributed by atoms with Gasteiger partial charge in [-0.25, -0.2) is 4.98 Å². The number of thiazole rings is 1. The van der Waals surface area contributed by atoms with Gasteiger partial charge in [-0.2, -0.15) is 0 Å². The molecule has 2 aromatic carbocycles. The van der Waals surface area contributed by atoms with Crippen LogP contribution in [0.2, 0.25) is 4.47 Å². The molecule has 2 amide bonds. The minimum Gasteiger partial charge on any atom is -0.349 e. The highest BCUT2D eigenvalue weighted by Crippen LogP contribution is 2.32. The first-order valence-corrected chi connectivity index (χ1v) is 10.9. The minimum atomic E-state index is -0.315. The van der Waals surface area contributed by atoms with E-state index in [-0.39, 0.29) is 11.8 Å². The first-order chi connectivity index (χ1) is 13.9. The molecular formula is C21H19BrClN3O2S. The second-order valence-electron chi connectivity index (χ2n) is 6.43. The summed E-state index contributed by atoms with van der Waals surface area (Å²) >= 11 is 10.8. The number of benzene rings is 2. The molecular weight excluding hydrogens is 474 g/mol. The number of carbonyl (C=O) groups excluding carboxylic acids is 2. The van der Waals surface area contributed by atoms with Gasteiger partial charge in [-0.05, 0) is 40.0 Å². The summed E-state index contributed by atoms with van der Waals surface area (Å²) in [5, 5.41) is 2.83. The van der Waals surface area contributed by atoms with Crippen LogP contribution in [0.4, 0.5) is 0 Å². The molecule has 1 N–H and O–H groups in total. The summed E-state index contributed by atoms with van der Waals surface area (Å²) in [6, 6.07) is 15.1. The fraction of sp³-hybridized carbons (Fsp3) is 0.190. The van der Waals surface area contributed by atoms with Crippen LogP contribution < -0.4 is 5.32 Å². The Morgan fingerprint density at radius 3 is 2.62 bits per heavy atom. The lowest BCUT2D eigenvalue weighted by molar-refractivity contribution is 0.0786. The molecule has 1 aromatic heterocycles. The number of nitrogens with one attached hydrogen (secondary N) is 1. The Hall–Kier alpha value is -2.22. The summed E-state index contributed by atoms with van der Waals surface area (Å²) in [6.07, 6.45) is 0. The summed E-state index contributed by atoms with van der Waals surface area (Å²) < 4.78 is 1.09. The number of amides is 2. The average Bonchev–Trinajstić information content (AvgIpc) is 3.12. The van der Waals surface area contributed by atoms with Gasteiger partial charge >= 0.3 is 0 Å². The van der Waals surface area contributed by atoms with Crippen molar-refractivity contribution in [1.29, 1.82) is 0 Å². The van der Waals surface area contributed by atoms with Crippen molar-refractivity contribution in [3.63, 3.8) is 0 Å². The number of halogens is 2. The third-order valence-corrected chi connectivity index (χ3v) is 6.62. The molecule has 0 atom stereocenters. The standard InChI is InChI=1S/C21H19BrClN3O2S/c1-13-7-6-10-15(16(13)22)20(28)26(2)12-11-24-19(27)17-18(29-21(23)25-17)14-8-4-3-5-9-14/h3-10H,11-12H2,1-2H3,(H,24,27). The fourth-order valence-corrected chi connectivity index (χ4v) is 4.32. The van der Waals surface area contributed by atoms with Crippen LogP contribution in [0, 0.1) is 6.92 Å². The van der Waals surface area contributed by atoms with Crippen molar-refractivity contribution in [1.82, 2.24) is 15.2 Å². The second kappa shape index (κ2) is 9.52. The van der Waals surface area contributed by atoms with Crippen LogP contribution in [-0.2, 0) is 0 Å². The van der Waals surface area contributed by atoms with E-state index in [1.807, 2.05) is 49.4 Å². The lowest BCUT2D eigenvalue weighted by Gasteiger charge is -2.18. The lowest BCUT2D eigenvalue weighted by Crippen LogP contribution is -2.36. The number of aryl methyl sites for hydroxylation is 1. The molecule has 0 aliphatic rings. The fourth-order valence-electron chi connectivity index (χ4n) is 2.77. The first-order valence-electron chi connectivity index (χ1n) is 8.89. The van der Waals surface area contributed by atoms with Crippen LogP contribution in [0.5, 0.6) is 0 Å². The van der Waals surface area contributed by atoms with Crippen molar-refractivity contribution in [2.75, 3.05) is 20.1 Å². The maximum atomic E-state index is 12.7. The number of hydrogen-bond donors (Lipinski definition) is 1. The van der Waals surface area contributed by atoms with E-state index in [9.17, 15) is 9.59 Å². The maximum Gasteiger partial charge on any atom is 0.271 e. The van der Waals surface area contributed by atoms with Gasteiger partial charge in [0.15, 0.2) is 4.47 Å². The maximum absolute atomic E-state index is 12.7. The largest absolute Gasteiger partial charge is 0.349 e. The molecule has 0 aliphatic heterocycles. The van der Waals surface area contributed by atoms with Crippen LogP contribution in [0.25, 0.3) is 10.4 Å². The number of rotatable bonds is 6. The monoisotopic (exact) mass is 491 g/mol. The van der Waals surface area contributed by atoms with E-state index < -0.39 is 0 Å². The van der Waals surface area contributed by atoms with Gasteiger partial charge in [-0.15, -0.1) is 11.3 Å². The molecule has 0 aliphatic carbocycles. The molecule has 0 saturated carbocycles. The molecule has 0 saturated heterocycles. The highest BCUT2D eigenvalue weighted by atomic mass is 79.9. The van der Waals surface area contributed by atoms with E-state index in [4.69, 9.17) is 11.6 Å². The third-order valence-electron chi connectivity index (χ3n) is 4.35. The van der Waals surface area contributed by atoms with Crippen LogP contribution >= 0.6 is 38.9 Å². The molecule has 3 rings (SSSR count). The molecule has 1 heterocycles. The normalized spacial score (nSPS) is 10.6. The van der Waals surface area contributed by atoms with Crippen molar-refractivity contribution in [3.8, 4) is 10.4 Å². The Morgan fingerprint density at radius 1 is 1.17 bits per heavy atom. The molecule has 150 valence electrons. The quantitative estimate of drug-likeness (QED) is 0.524. The predicted octanol–water partition coefficient (Wildman–Crippen LogP) is 5.04. The van der Waals surface area contributed by atoms with Crippen molar-refractivity contribution in [2.24, 2.45) is 0 Å². The van der Waals surface area contributed by atoms with Crippen molar-refractivity contribution in [2.45, 2.75) is 6.92 Å². The SMILES string of the molecule is Cc1cccc(C(=O)N(C)CCNC(=O)c2nc(Cl)sc2-c2ccccc2)c1Br. The zero-order valence-corrected chi connectivity index (χ0v) is 19.1. The first kappa shape index (κ1) is 21.5. The Bertz CT molecular complexity index is 1040. The van der Waals surface area contributed by atoms with E-state index in [0.29, 0.717) is 28.8 Å². The Morgan fingerprint density at radius 2 is 1.90 bits per heavy atom. The Kier molecular flexibility index (Phi) is 7.05. The zero-order chi connectivity index (χ0) is 21.0. The van der Waals surface area contributed by atoms with Crippen LogP contribution in [0.1, 0.15) is 26.4 Å². The van der Waals surface area contributed by atoms with Gasteiger partial charge in [0.05, 0.1) is 10.4 Å². The summed E-state index contributed by atoms with van der Waals surface area (Å²) in [6.45, 7) is 2.60. The topological polar surface area (TPSA) is 62.3 Å². The Labute approximate surface area is 186 Å². The van der Waals surface area contributed by atoms with Gasteiger partial charge in [-0.1, -0.05) is 54.1 Å². The van der Waals surface area contributed by atoms with Gasteiger partial charge in [-0.3, -0.25) is 9.59 Å². The number of aromatic nitrogens is 1. The molecule has 29 heavy (non-hydrogen) atoms. The summed E-state index contributed by atoms with van der Waals surface area (Å²) in [7, 11) is 1.71. The Balaban J connectivity index is 1.63. The molecule has 0 radical (unpaired) electrons. The molecule has 0 unspecified atom stereocenters. The summed E-state index contributed by atoms with van der Waals surface area (Å²) in [5.74, 6) is -0.430. The average molecular weight is 493 g/mol. The summed E-state index contributed by atoms with van der Waals surface area (Å²) in [4.78, 5) is 31.8. The molecule has 8 heteroatoms. The van der Waals surface area contributed by atoms with E-state index in [2.05, 4.69) is 26.2 Å². The predicted molar refractivity (Wildman–Crippen MR) is 121 cm³/mol. The van der Waals surface area contributed by atoms with Crippen molar-refractivity contribution < 1.29 is 9.59 Å². The van der Waals surface area contributed by atoms with Gasteiger partial charge in [0.1, 0.15) is 5.69 Å². The molecule has 5 nitrogen and oxygen atoms in total. The second-order valence-corrected chi connectivity index (χ2v) is 8.80. The number of hydrogen-bond acceptors (Lipinski definition) is 4. The van der Waals surface area contributed by atoms with Gasteiger partial charge in [0.25, 0.3) is 11.8 Å². The van der Waals surface area contributed by atoms with E-state index in [1.165, 1.54) is 11.3 Å². The highest BCUT2D eigenvalue weighted by Gasteiger charge is 2.20. The summed E-state index contributed by atoms with van der Waals surface area (Å²) in [5.41, 5.74) is 2.77. The van der Waals surface area contributed by atoms with Crippen LogP contribution in [0.15, 0.2) is 53.0 Å². The zero-order valence-electron chi connectivity index (χ0n) is 15.9. The van der Waals surface area contributed by atoms with E-state index in [0.717, 1.165) is 20.5 Å². The van der Waals surface area contributed by atoms with Gasteiger partial charge in [0.2, 0.25) is 0 Å². The van der Waals surface area contributed by atoms with Crippen molar-refractivity contribution in [3.05, 3.63) is 74.3 Å². The van der Waals surface area contributed by atoms with E-state index in [1.54, 1.807) is 18.0 Å². The van der Waals surface area contributed by atoms with E-state index >= 15 is 0 Å². The van der Waals surface area contributed by atoms with Crippen LogP contribution in [-0.4, -0.2) is 41.8 Å². The van der Waals surface area contributed by atoms with Gasteiger partial charge in [0, 0.05) is 24.6 Å². The smallest absolute Gasteiger partial charge is 0.271 e. The van der Waals surface area contributed by atoms with Crippen molar-refractivity contribution >= 4 is 50.7 Å². The molecule has 0 spiro atoms. The highest BCUT2D eigenvalue weighted by molar-refractivity contribution is 9.10. The lowest BCUT2D eigenvalue weighted by atomic mass is 10.1. The van der Waals surface area contributed by atoms with Crippen LogP contribution in [0.3, 0.4) is 0 Å². The number of likely N-dealkylation sites (N-methyl/N-ethyl adjacent to an activating group) is 1. The minimum absolute atomic E-state index is 0.114. The molecule has 3 aromatic rings. The van der Waals surface area contributed by atoms with Gasteiger partial charge < -0.3 is 10.2 Å². The molecule has 0 fully saturated rings. The molecule has 0 bridgehead atoms. The number of nitrogens with zero attached hydrogens (tertiary/aromatic N) is 2. The number of carbonyl (C=O) groups is 2. The third kappa shape index (κ3) is 5.04.